The minimum Gasteiger partial charge on any atom is -0.340 e. The van der Waals surface area contributed by atoms with Crippen molar-refractivity contribution in [1.29, 1.82) is 5.26 Å². The molecule has 0 amide bonds. The van der Waals surface area contributed by atoms with Crippen molar-refractivity contribution >= 4 is 11.5 Å². The van der Waals surface area contributed by atoms with Crippen molar-refractivity contribution in [2.45, 2.75) is 6.92 Å². The van der Waals surface area contributed by atoms with Crippen molar-refractivity contribution in [2.24, 2.45) is 0 Å². The van der Waals surface area contributed by atoms with Crippen LogP contribution in [0.1, 0.15) is 11.3 Å². The summed E-state index contributed by atoms with van der Waals surface area (Å²) in [6.07, 6.45) is 0. The Kier molecular flexibility index (Phi) is 3.20. The third-order valence-electron chi connectivity index (χ3n) is 2.27. The number of nitrogens with one attached hydrogen (secondary N) is 1. The lowest BCUT2D eigenvalue weighted by Crippen LogP contribution is -1.97. The van der Waals surface area contributed by atoms with E-state index in [2.05, 4.69) is 10.3 Å². The molecule has 0 radical (unpaired) electrons. The molecule has 0 atom stereocenters. The van der Waals surface area contributed by atoms with Gasteiger partial charge >= 0.3 is 0 Å². The maximum absolute atomic E-state index is 13.0. The van der Waals surface area contributed by atoms with Gasteiger partial charge < -0.3 is 5.32 Å². The largest absolute Gasteiger partial charge is 0.340 e. The van der Waals surface area contributed by atoms with E-state index in [1.165, 1.54) is 12.1 Å². The van der Waals surface area contributed by atoms with Crippen LogP contribution in [-0.4, -0.2) is 4.98 Å². The number of hydrogen-bond donors (Lipinski definition) is 1. The van der Waals surface area contributed by atoms with Crippen molar-refractivity contribution in [3.63, 3.8) is 0 Å². The fraction of sp³-hybridized carbons (Fsp3) is 0.0769. The van der Waals surface area contributed by atoms with Gasteiger partial charge in [0.2, 0.25) is 0 Å². The van der Waals surface area contributed by atoms with Crippen molar-refractivity contribution in [2.75, 3.05) is 5.32 Å². The van der Waals surface area contributed by atoms with Gasteiger partial charge in [-0.3, -0.25) is 0 Å². The van der Waals surface area contributed by atoms with Gasteiger partial charge in [-0.2, -0.15) is 5.26 Å². The van der Waals surface area contributed by atoms with Crippen LogP contribution in [0.25, 0.3) is 0 Å². The molecule has 1 N–H and O–H groups in total. The van der Waals surface area contributed by atoms with Crippen molar-refractivity contribution in [1.82, 2.24) is 4.98 Å². The predicted molar refractivity (Wildman–Crippen MR) is 63.3 cm³/mol. The number of benzene rings is 1. The monoisotopic (exact) mass is 245 g/mol. The first kappa shape index (κ1) is 12.0. The molecule has 0 spiro atoms. The molecule has 2 rings (SSSR count). The van der Waals surface area contributed by atoms with Gasteiger partial charge in [-0.1, -0.05) is 0 Å². The summed E-state index contributed by atoms with van der Waals surface area (Å²) in [5.41, 5.74) is 1.49. The van der Waals surface area contributed by atoms with Crippen LogP contribution in [0.5, 0.6) is 0 Å². The van der Waals surface area contributed by atoms with E-state index >= 15 is 0 Å². The third-order valence-corrected chi connectivity index (χ3v) is 2.27. The molecule has 90 valence electrons. The first-order valence-electron chi connectivity index (χ1n) is 5.19. The lowest BCUT2D eigenvalue weighted by Gasteiger charge is -2.07. The van der Waals surface area contributed by atoms with E-state index < -0.39 is 11.6 Å². The summed E-state index contributed by atoms with van der Waals surface area (Å²) >= 11 is 0. The van der Waals surface area contributed by atoms with Crippen LogP contribution < -0.4 is 5.32 Å². The summed E-state index contributed by atoms with van der Waals surface area (Å²) < 4.78 is 25.8. The highest BCUT2D eigenvalue weighted by Crippen LogP contribution is 2.18. The van der Waals surface area contributed by atoms with E-state index in [9.17, 15) is 8.78 Å². The van der Waals surface area contributed by atoms with E-state index in [-0.39, 0.29) is 0 Å². The highest BCUT2D eigenvalue weighted by Gasteiger charge is 2.04. The van der Waals surface area contributed by atoms with Crippen LogP contribution in [-0.2, 0) is 0 Å². The van der Waals surface area contributed by atoms with Crippen LogP contribution in [0.3, 0.4) is 0 Å². The van der Waals surface area contributed by atoms with Gasteiger partial charge in [-0.05, 0) is 31.2 Å². The zero-order chi connectivity index (χ0) is 13.1. The molecular formula is C13H9F2N3. The maximum Gasteiger partial charge on any atom is 0.160 e. The topological polar surface area (TPSA) is 48.7 Å². The Balaban J connectivity index is 2.31. The summed E-state index contributed by atoms with van der Waals surface area (Å²) in [6.45, 7) is 1.75. The second-order valence-electron chi connectivity index (χ2n) is 3.75. The molecule has 1 aromatic carbocycles. The molecule has 0 saturated heterocycles. The summed E-state index contributed by atoms with van der Waals surface area (Å²) in [7, 11) is 0. The summed E-state index contributed by atoms with van der Waals surface area (Å²) in [5.74, 6) is -1.43. The molecule has 0 aliphatic rings. The molecule has 0 saturated carbocycles. The third kappa shape index (κ3) is 2.61. The standard InChI is InChI=1S/C13H9F2N3/c1-8-4-9(7-16)5-13(17-8)18-10-2-3-11(14)12(15)6-10/h2-6H,1H3,(H,17,18). The zero-order valence-electron chi connectivity index (χ0n) is 9.54. The number of halogens is 2. The van der Waals surface area contributed by atoms with Gasteiger partial charge in [0.1, 0.15) is 5.82 Å². The number of aromatic nitrogens is 1. The van der Waals surface area contributed by atoms with E-state index in [1.807, 2.05) is 6.07 Å². The number of hydrogen-bond acceptors (Lipinski definition) is 3. The van der Waals surface area contributed by atoms with Gasteiger partial charge in [-0.25, -0.2) is 13.8 Å². The van der Waals surface area contributed by atoms with Crippen LogP contribution in [0.15, 0.2) is 30.3 Å². The minimum absolute atomic E-state index is 0.371. The van der Waals surface area contributed by atoms with Crippen LogP contribution in [0.2, 0.25) is 0 Å². The lowest BCUT2D eigenvalue weighted by atomic mass is 10.2. The summed E-state index contributed by atoms with van der Waals surface area (Å²) in [5, 5.41) is 11.6. The molecule has 1 aromatic heterocycles. The van der Waals surface area contributed by atoms with Crippen LogP contribution in [0, 0.1) is 29.9 Å². The van der Waals surface area contributed by atoms with Crippen LogP contribution >= 0.6 is 0 Å². The summed E-state index contributed by atoms with van der Waals surface area (Å²) in [4.78, 5) is 4.15. The average molecular weight is 245 g/mol. The first-order valence-corrected chi connectivity index (χ1v) is 5.19. The highest BCUT2D eigenvalue weighted by molar-refractivity contribution is 5.58. The fourth-order valence-corrected chi connectivity index (χ4v) is 1.52. The lowest BCUT2D eigenvalue weighted by molar-refractivity contribution is 0.509. The molecule has 0 fully saturated rings. The molecule has 5 heteroatoms. The molecule has 0 aliphatic heterocycles. The fourth-order valence-electron chi connectivity index (χ4n) is 1.52. The number of anilines is 2. The molecule has 18 heavy (non-hydrogen) atoms. The molecule has 0 unspecified atom stereocenters. The smallest absolute Gasteiger partial charge is 0.160 e. The SMILES string of the molecule is Cc1cc(C#N)cc(Nc2ccc(F)c(F)c2)n1. The van der Waals surface area contributed by atoms with Crippen molar-refractivity contribution < 1.29 is 8.78 Å². The number of aryl methyl sites for hydroxylation is 1. The normalized spacial score (nSPS) is 9.89. The average Bonchev–Trinajstić information content (AvgIpc) is 2.33. The zero-order valence-corrected chi connectivity index (χ0v) is 9.54. The minimum atomic E-state index is -0.937. The molecule has 2 aromatic rings. The van der Waals surface area contributed by atoms with Crippen molar-refractivity contribution in [3.8, 4) is 6.07 Å². The predicted octanol–water partition coefficient (Wildman–Crippen LogP) is 3.28. The van der Waals surface area contributed by atoms with E-state index in [0.717, 1.165) is 12.1 Å². The number of nitrogens with zero attached hydrogens (tertiary/aromatic N) is 2. The van der Waals surface area contributed by atoms with E-state index in [4.69, 9.17) is 5.26 Å². The Morgan fingerprint density at radius 1 is 1.17 bits per heavy atom. The van der Waals surface area contributed by atoms with Crippen LogP contribution in [0.4, 0.5) is 20.3 Å². The highest BCUT2D eigenvalue weighted by atomic mass is 19.2. The van der Waals surface area contributed by atoms with Gasteiger partial charge in [0, 0.05) is 17.4 Å². The second kappa shape index (κ2) is 4.80. The molecule has 1 heterocycles. The Bertz CT molecular complexity index is 633. The van der Waals surface area contributed by atoms with E-state index in [1.54, 1.807) is 13.0 Å². The molecule has 3 nitrogen and oxygen atoms in total. The number of nitriles is 1. The Labute approximate surface area is 103 Å². The Morgan fingerprint density at radius 3 is 2.61 bits per heavy atom. The van der Waals surface area contributed by atoms with Gasteiger partial charge in [-0.15, -0.1) is 0 Å². The van der Waals surface area contributed by atoms with Gasteiger partial charge in [0.25, 0.3) is 0 Å². The first-order chi connectivity index (χ1) is 8.58. The van der Waals surface area contributed by atoms with Gasteiger partial charge in [0.05, 0.1) is 11.6 Å². The quantitative estimate of drug-likeness (QED) is 0.883. The Morgan fingerprint density at radius 2 is 1.94 bits per heavy atom. The molecule has 0 bridgehead atoms. The van der Waals surface area contributed by atoms with Gasteiger partial charge in [0.15, 0.2) is 11.6 Å². The second-order valence-corrected chi connectivity index (χ2v) is 3.75. The van der Waals surface area contributed by atoms with Crippen molar-refractivity contribution in [3.05, 3.63) is 53.2 Å². The Hall–Kier alpha value is -2.48. The molecular weight excluding hydrogens is 236 g/mol. The maximum atomic E-state index is 13.0. The van der Waals surface area contributed by atoms with E-state index in [0.29, 0.717) is 22.8 Å². The number of rotatable bonds is 2. The molecule has 0 aliphatic carbocycles. The number of pyridine rings is 1. The summed E-state index contributed by atoms with van der Waals surface area (Å²) in [6, 6.07) is 8.63.